The molecule has 5 rings (SSSR count). The molecule has 170 valence electrons. The molecule has 0 atom stereocenters. The van der Waals surface area contributed by atoms with Crippen molar-refractivity contribution in [2.75, 3.05) is 10.6 Å². The predicted molar refractivity (Wildman–Crippen MR) is 125 cm³/mol. The first-order chi connectivity index (χ1) is 16.3. The van der Waals surface area contributed by atoms with Gasteiger partial charge < -0.3 is 5.32 Å². The third-order valence-corrected chi connectivity index (χ3v) is 5.39. The lowest BCUT2D eigenvalue weighted by molar-refractivity contribution is -0.137. The SMILES string of the molecule is O=C(Nc1cccc(C(F)(F)F)c1)Nc1nn2cc(-c3ccc(Cl)cc3)nc2c2ccccc12. The molecule has 0 saturated carbocycles. The number of nitrogens with zero attached hydrogens (tertiary/aromatic N) is 3. The van der Waals surface area contributed by atoms with E-state index in [1.165, 1.54) is 12.1 Å². The summed E-state index contributed by atoms with van der Waals surface area (Å²) in [7, 11) is 0. The molecule has 2 N–H and O–H groups in total. The summed E-state index contributed by atoms with van der Waals surface area (Å²) in [5.74, 6) is 0.229. The Morgan fingerprint density at radius 2 is 1.65 bits per heavy atom. The topological polar surface area (TPSA) is 71.3 Å². The summed E-state index contributed by atoms with van der Waals surface area (Å²) in [5.41, 5.74) is 1.24. The van der Waals surface area contributed by atoms with Crippen molar-refractivity contribution >= 4 is 45.6 Å². The van der Waals surface area contributed by atoms with Crippen molar-refractivity contribution in [2.24, 2.45) is 0 Å². The minimum Gasteiger partial charge on any atom is -0.308 e. The molecule has 0 unspecified atom stereocenters. The summed E-state index contributed by atoms with van der Waals surface area (Å²) >= 11 is 5.97. The number of hydrogen-bond donors (Lipinski definition) is 2. The Morgan fingerprint density at radius 3 is 2.38 bits per heavy atom. The van der Waals surface area contributed by atoms with Gasteiger partial charge in [0.05, 0.1) is 17.5 Å². The zero-order chi connectivity index (χ0) is 23.9. The number of alkyl halides is 3. The minimum absolute atomic E-state index is 0.00497. The number of anilines is 2. The summed E-state index contributed by atoms with van der Waals surface area (Å²) in [5, 5.41) is 11.5. The van der Waals surface area contributed by atoms with Crippen molar-refractivity contribution in [1.29, 1.82) is 0 Å². The number of benzene rings is 3. The second-order valence-electron chi connectivity index (χ2n) is 7.45. The second kappa shape index (κ2) is 8.35. The van der Waals surface area contributed by atoms with E-state index in [9.17, 15) is 18.0 Å². The van der Waals surface area contributed by atoms with E-state index >= 15 is 0 Å². The van der Waals surface area contributed by atoms with Crippen LogP contribution in [0.15, 0.2) is 79.0 Å². The van der Waals surface area contributed by atoms with Crippen LogP contribution in [0.25, 0.3) is 27.7 Å². The van der Waals surface area contributed by atoms with E-state index in [4.69, 9.17) is 11.6 Å². The number of rotatable bonds is 3. The monoisotopic (exact) mass is 481 g/mol. The number of aromatic nitrogens is 3. The summed E-state index contributed by atoms with van der Waals surface area (Å²) < 4.78 is 40.4. The Bertz CT molecular complexity index is 1530. The van der Waals surface area contributed by atoms with E-state index < -0.39 is 17.8 Å². The molecule has 0 bridgehead atoms. The average molecular weight is 482 g/mol. The Kier molecular flexibility index (Phi) is 5.33. The number of amides is 2. The fraction of sp³-hybridized carbons (Fsp3) is 0.0417. The summed E-state index contributed by atoms with van der Waals surface area (Å²) in [4.78, 5) is 17.3. The zero-order valence-corrected chi connectivity index (χ0v) is 18.0. The fourth-order valence-electron chi connectivity index (χ4n) is 3.57. The van der Waals surface area contributed by atoms with Crippen LogP contribution in [0.3, 0.4) is 0 Å². The number of halogens is 4. The average Bonchev–Trinajstić information content (AvgIpc) is 3.23. The van der Waals surface area contributed by atoms with Gasteiger partial charge in [-0.1, -0.05) is 54.1 Å². The van der Waals surface area contributed by atoms with Gasteiger partial charge in [0.2, 0.25) is 0 Å². The highest BCUT2D eigenvalue weighted by Gasteiger charge is 2.30. The predicted octanol–water partition coefficient (Wildman–Crippen LogP) is 6.87. The smallest absolute Gasteiger partial charge is 0.308 e. The van der Waals surface area contributed by atoms with Crippen LogP contribution in [-0.4, -0.2) is 20.6 Å². The largest absolute Gasteiger partial charge is 0.416 e. The lowest BCUT2D eigenvalue weighted by Crippen LogP contribution is -2.21. The van der Waals surface area contributed by atoms with E-state index in [0.29, 0.717) is 21.7 Å². The van der Waals surface area contributed by atoms with Gasteiger partial charge in [0.1, 0.15) is 0 Å². The number of carbonyl (C=O) groups excluding carboxylic acids is 1. The van der Waals surface area contributed by atoms with Gasteiger partial charge >= 0.3 is 12.2 Å². The number of urea groups is 1. The van der Waals surface area contributed by atoms with Crippen LogP contribution in [0.2, 0.25) is 5.02 Å². The van der Waals surface area contributed by atoms with Crippen molar-refractivity contribution in [2.45, 2.75) is 6.18 Å². The molecule has 6 nitrogen and oxygen atoms in total. The number of imidazole rings is 1. The van der Waals surface area contributed by atoms with E-state index in [1.807, 2.05) is 24.3 Å². The van der Waals surface area contributed by atoms with Crippen LogP contribution < -0.4 is 10.6 Å². The quantitative estimate of drug-likeness (QED) is 0.295. The maximum absolute atomic E-state index is 13.0. The van der Waals surface area contributed by atoms with E-state index in [0.717, 1.165) is 23.1 Å². The second-order valence-corrected chi connectivity index (χ2v) is 7.89. The molecular formula is C24H15ClF3N5O. The molecule has 0 aliphatic heterocycles. The lowest BCUT2D eigenvalue weighted by atomic mass is 10.2. The van der Waals surface area contributed by atoms with Gasteiger partial charge in [0.15, 0.2) is 11.5 Å². The van der Waals surface area contributed by atoms with Gasteiger partial charge in [0, 0.05) is 27.0 Å². The van der Waals surface area contributed by atoms with Crippen molar-refractivity contribution in [1.82, 2.24) is 14.6 Å². The standard InChI is InChI=1S/C24H15ClF3N5O/c25-16-10-8-14(9-11-16)20-13-33-22(30-20)19-7-2-1-6-18(19)21(32-33)31-23(34)29-17-5-3-4-15(12-17)24(26,27)28/h1-13H,(H2,29,31,32,34). The maximum Gasteiger partial charge on any atom is 0.416 e. The molecule has 0 saturated heterocycles. The van der Waals surface area contributed by atoms with Gasteiger partial charge in [-0.3, -0.25) is 5.32 Å². The van der Waals surface area contributed by atoms with Gasteiger partial charge in [0.25, 0.3) is 0 Å². The van der Waals surface area contributed by atoms with Gasteiger partial charge in [-0.15, -0.1) is 5.10 Å². The highest BCUT2D eigenvalue weighted by atomic mass is 35.5. The first-order valence-electron chi connectivity index (χ1n) is 10.1. The molecular weight excluding hydrogens is 467 g/mol. The molecule has 5 aromatic rings. The number of carbonyl (C=O) groups is 1. The summed E-state index contributed by atoms with van der Waals surface area (Å²) in [6.45, 7) is 0. The van der Waals surface area contributed by atoms with E-state index in [1.54, 1.807) is 35.0 Å². The van der Waals surface area contributed by atoms with Crippen molar-refractivity contribution in [3.63, 3.8) is 0 Å². The molecule has 3 aromatic carbocycles. The molecule has 0 aliphatic carbocycles. The normalized spacial score (nSPS) is 11.6. The van der Waals surface area contributed by atoms with Crippen LogP contribution in [0.4, 0.5) is 29.5 Å². The highest BCUT2D eigenvalue weighted by molar-refractivity contribution is 6.30. The van der Waals surface area contributed by atoms with Crippen molar-refractivity contribution in [3.8, 4) is 11.3 Å². The van der Waals surface area contributed by atoms with Crippen molar-refractivity contribution < 1.29 is 18.0 Å². The van der Waals surface area contributed by atoms with Crippen LogP contribution in [0, 0.1) is 0 Å². The molecule has 2 amide bonds. The van der Waals surface area contributed by atoms with Gasteiger partial charge in [-0.2, -0.15) is 13.2 Å². The number of fused-ring (bicyclic) bond motifs is 3. The van der Waals surface area contributed by atoms with Gasteiger partial charge in [-0.05, 0) is 30.3 Å². The molecule has 0 aliphatic rings. The number of nitrogens with one attached hydrogen (secondary N) is 2. The first kappa shape index (κ1) is 21.7. The maximum atomic E-state index is 13.0. The van der Waals surface area contributed by atoms with Crippen molar-refractivity contribution in [3.05, 3.63) is 89.6 Å². The molecule has 10 heteroatoms. The van der Waals surface area contributed by atoms with Gasteiger partial charge in [-0.25, -0.2) is 14.3 Å². The number of hydrogen-bond acceptors (Lipinski definition) is 3. The van der Waals surface area contributed by atoms with E-state index in [-0.39, 0.29) is 11.5 Å². The molecule has 34 heavy (non-hydrogen) atoms. The van der Waals surface area contributed by atoms with Crippen LogP contribution in [0.5, 0.6) is 0 Å². The highest BCUT2D eigenvalue weighted by Crippen LogP contribution is 2.31. The lowest BCUT2D eigenvalue weighted by Gasteiger charge is -2.12. The van der Waals surface area contributed by atoms with Crippen LogP contribution in [-0.2, 0) is 6.18 Å². The molecule has 0 fully saturated rings. The van der Waals surface area contributed by atoms with E-state index in [2.05, 4.69) is 20.7 Å². The third-order valence-electron chi connectivity index (χ3n) is 5.14. The minimum atomic E-state index is -4.51. The summed E-state index contributed by atoms with van der Waals surface area (Å²) in [6, 6.07) is 18.1. The molecule has 2 aromatic heterocycles. The third kappa shape index (κ3) is 4.25. The Balaban J connectivity index is 1.49. The zero-order valence-electron chi connectivity index (χ0n) is 17.3. The molecule has 2 heterocycles. The Hall–Kier alpha value is -4.11. The molecule has 0 radical (unpaired) electrons. The Labute approximate surface area is 196 Å². The van der Waals surface area contributed by atoms with Crippen LogP contribution in [0.1, 0.15) is 5.56 Å². The fourth-order valence-corrected chi connectivity index (χ4v) is 3.70. The Morgan fingerprint density at radius 1 is 0.912 bits per heavy atom. The summed E-state index contributed by atoms with van der Waals surface area (Å²) in [6.07, 6.45) is -2.79. The first-order valence-corrected chi connectivity index (χ1v) is 10.4. The van der Waals surface area contributed by atoms with Crippen LogP contribution >= 0.6 is 11.6 Å². The molecule has 0 spiro atoms.